The molecule has 0 fully saturated rings. The van der Waals surface area contributed by atoms with Crippen molar-refractivity contribution in [1.82, 2.24) is 19.6 Å². The van der Waals surface area contributed by atoms with Gasteiger partial charge in [-0.1, -0.05) is 18.2 Å². The molecule has 5 nitrogen and oxygen atoms in total. The minimum absolute atomic E-state index is 0.528. The third-order valence-electron chi connectivity index (χ3n) is 4.29. The fraction of sp³-hybridized carbons (Fsp3) is 0.444. The Labute approximate surface area is 137 Å². The lowest BCUT2D eigenvalue weighted by Gasteiger charge is -2.26. The van der Waals surface area contributed by atoms with E-state index in [0.717, 1.165) is 43.9 Å². The molecule has 0 spiro atoms. The summed E-state index contributed by atoms with van der Waals surface area (Å²) in [6.45, 7) is 4.69. The standard InChI is InChI=1S/C18H23N5/c1-21(2)10-15-11-22(14-18-7-8-20-23(18)12-15)13-17-6-4-3-5-16(17)9-19/h3-8,15H,10-14H2,1-2H3/t15-/m1/s1. The van der Waals surface area contributed by atoms with Gasteiger partial charge in [-0.25, -0.2) is 0 Å². The zero-order valence-electron chi connectivity index (χ0n) is 13.8. The van der Waals surface area contributed by atoms with Gasteiger partial charge in [0.05, 0.1) is 17.3 Å². The van der Waals surface area contributed by atoms with Gasteiger partial charge in [0.1, 0.15) is 0 Å². The Morgan fingerprint density at radius 1 is 1.26 bits per heavy atom. The minimum Gasteiger partial charge on any atom is -0.309 e. The summed E-state index contributed by atoms with van der Waals surface area (Å²) < 4.78 is 2.13. The van der Waals surface area contributed by atoms with Crippen LogP contribution in [-0.2, 0) is 19.6 Å². The molecular weight excluding hydrogens is 286 g/mol. The molecular formula is C18H23N5. The summed E-state index contributed by atoms with van der Waals surface area (Å²) in [4.78, 5) is 4.67. The number of rotatable bonds is 4. The SMILES string of the molecule is CN(C)C[C@@H]1CN(Cc2ccccc2C#N)Cc2ccnn2C1. The summed E-state index contributed by atoms with van der Waals surface area (Å²) in [5, 5.41) is 13.8. The van der Waals surface area contributed by atoms with E-state index in [0.29, 0.717) is 5.92 Å². The van der Waals surface area contributed by atoms with Gasteiger partial charge in [-0.3, -0.25) is 9.58 Å². The van der Waals surface area contributed by atoms with Crippen LogP contribution in [0.2, 0.25) is 0 Å². The number of nitriles is 1. The van der Waals surface area contributed by atoms with E-state index in [4.69, 9.17) is 0 Å². The van der Waals surface area contributed by atoms with E-state index in [1.165, 1.54) is 5.69 Å². The maximum Gasteiger partial charge on any atom is 0.0995 e. The Balaban J connectivity index is 1.82. The van der Waals surface area contributed by atoms with E-state index in [1.807, 2.05) is 24.4 Å². The van der Waals surface area contributed by atoms with Crippen molar-refractivity contribution in [2.24, 2.45) is 5.92 Å². The lowest BCUT2D eigenvalue weighted by molar-refractivity contribution is 0.193. The second-order valence-corrected chi connectivity index (χ2v) is 6.57. The van der Waals surface area contributed by atoms with Crippen LogP contribution in [0.4, 0.5) is 0 Å². The summed E-state index contributed by atoms with van der Waals surface area (Å²) in [5.74, 6) is 0.528. The first-order valence-corrected chi connectivity index (χ1v) is 8.01. The highest BCUT2D eigenvalue weighted by Crippen LogP contribution is 2.20. The van der Waals surface area contributed by atoms with Crippen molar-refractivity contribution in [3.63, 3.8) is 0 Å². The molecule has 0 aliphatic carbocycles. The molecule has 0 saturated heterocycles. The fourth-order valence-corrected chi connectivity index (χ4v) is 3.38. The predicted molar refractivity (Wildman–Crippen MR) is 89.5 cm³/mol. The Morgan fingerprint density at radius 2 is 2.09 bits per heavy atom. The van der Waals surface area contributed by atoms with Crippen molar-refractivity contribution in [2.45, 2.75) is 19.6 Å². The molecule has 2 aromatic rings. The van der Waals surface area contributed by atoms with Crippen molar-refractivity contribution in [3.8, 4) is 6.07 Å². The predicted octanol–water partition coefficient (Wildman–Crippen LogP) is 1.95. The number of nitrogens with zero attached hydrogens (tertiary/aromatic N) is 5. The van der Waals surface area contributed by atoms with Crippen LogP contribution in [0.15, 0.2) is 36.5 Å². The number of hydrogen-bond acceptors (Lipinski definition) is 4. The summed E-state index contributed by atoms with van der Waals surface area (Å²) >= 11 is 0. The summed E-state index contributed by atoms with van der Waals surface area (Å²) in [7, 11) is 4.23. The molecule has 1 aromatic carbocycles. The van der Waals surface area contributed by atoms with Crippen LogP contribution in [0.5, 0.6) is 0 Å². The van der Waals surface area contributed by atoms with Crippen molar-refractivity contribution in [3.05, 3.63) is 53.3 Å². The van der Waals surface area contributed by atoms with Crippen LogP contribution in [-0.4, -0.2) is 46.8 Å². The van der Waals surface area contributed by atoms with Gasteiger partial charge in [-0.15, -0.1) is 0 Å². The van der Waals surface area contributed by atoms with Gasteiger partial charge in [0.15, 0.2) is 0 Å². The number of benzene rings is 1. The Morgan fingerprint density at radius 3 is 2.87 bits per heavy atom. The second-order valence-electron chi connectivity index (χ2n) is 6.57. The molecule has 2 heterocycles. The molecule has 0 N–H and O–H groups in total. The Kier molecular flexibility index (Phi) is 4.75. The fourth-order valence-electron chi connectivity index (χ4n) is 3.38. The first kappa shape index (κ1) is 15.7. The largest absolute Gasteiger partial charge is 0.309 e. The first-order chi connectivity index (χ1) is 11.2. The van der Waals surface area contributed by atoms with Crippen LogP contribution >= 0.6 is 0 Å². The van der Waals surface area contributed by atoms with Crippen LogP contribution < -0.4 is 0 Å². The van der Waals surface area contributed by atoms with E-state index in [1.54, 1.807) is 0 Å². The molecule has 0 amide bonds. The molecule has 23 heavy (non-hydrogen) atoms. The lowest BCUT2D eigenvalue weighted by atomic mass is 10.1. The van der Waals surface area contributed by atoms with Gasteiger partial charge >= 0.3 is 0 Å². The van der Waals surface area contributed by atoms with Gasteiger partial charge < -0.3 is 4.90 Å². The normalized spacial score (nSPS) is 18.4. The summed E-state index contributed by atoms with van der Waals surface area (Å²) in [6.07, 6.45) is 1.88. The molecule has 5 heteroatoms. The highest BCUT2D eigenvalue weighted by atomic mass is 15.3. The summed E-state index contributed by atoms with van der Waals surface area (Å²) in [6, 6.07) is 12.3. The zero-order chi connectivity index (χ0) is 16.2. The van der Waals surface area contributed by atoms with Gasteiger partial charge in [0.2, 0.25) is 0 Å². The molecule has 1 aromatic heterocycles. The Bertz CT molecular complexity index is 697. The van der Waals surface area contributed by atoms with Crippen molar-refractivity contribution >= 4 is 0 Å². The minimum atomic E-state index is 0.528. The van der Waals surface area contributed by atoms with Crippen LogP contribution in [0.1, 0.15) is 16.8 Å². The van der Waals surface area contributed by atoms with Gasteiger partial charge in [0.25, 0.3) is 0 Å². The van der Waals surface area contributed by atoms with Gasteiger partial charge in [0, 0.05) is 44.8 Å². The molecule has 0 bridgehead atoms. The van der Waals surface area contributed by atoms with Gasteiger partial charge in [-0.2, -0.15) is 10.4 Å². The highest BCUT2D eigenvalue weighted by molar-refractivity contribution is 5.37. The molecule has 1 aliphatic heterocycles. The smallest absolute Gasteiger partial charge is 0.0995 e. The van der Waals surface area contributed by atoms with Crippen LogP contribution in [0.3, 0.4) is 0 Å². The number of fused-ring (bicyclic) bond motifs is 1. The van der Waals surface area contributed by atoms with E-state index in [2.05, 4.69) is 51.9 Å². The molecule has 120 valence electrons. The lowest BCUT2D eigenvalue weighted by Crippen LogP contribution is -2.33. The average molecular weight is 309 g/mol. The van der Waals surface area contributed by atoms with Crippen molar-refractivity contribution in [2.75, 3.05) is 27.2 Å². The molecule has 1 aliphatic rings. The average Bonchev–Trinajstić information content (AvgIpc) is 2.87. The van der Waals surface area contributed by atoms with Crippen LogP contribution in [0, 0.1) is 17.2 Å². The molecule has 1 atom stereocenters. The third-order valence-corrected chi connectivity index (χ3v) is 4.29. The summed E-state index contributed by atoms with van der Waals surface area (Å²) in [5.41, 5.74) is 3.13. The van der Waals surface area contributed by atoms with E-state index < -0.39 is 0 Å². The molecule has 3 rings (SSSR count). The van der Waals surface area contributed by atoms with E-state index in [9.17, 15) is 5.26 Å². The van der Waals surface area contributed by atoms with Crippen molar-refractivity contribution < 1.29 is 0 Å². The molecule has 0 unspecified atom stereocenters. The van der Waals surface area contributed by atoms with E-state index in [-0.39, 0.29) is 0 Å². The van der Waals surface area contributed by atoms with Crippen molar-refractivity contribution in [1.29, 1.82) is 5.26 Å². The topological polar surface area (TPSA) is 48.1 Å². The molecule has 0 radical (unpaired) electrons. The Hall–Kier alpha value is -2.16. The van der Waals surface area contributed by atoms with Crippen LogP contribution in [0.25, 0.3) is 0 Å². The monoisotopic (exact) mass is 309 g/mol. The second kappa shape index (κ2) is 6.95. The maximum absolute atomic E-state index is 9.31. The third kappa shape index (κ3) is 3.79. The number of aromatic nitrogens is 2. The maximum atomic E-state index is 9.31. The van der Waals surface area contributed by atoms with Gasteiger partial charge in [-0.05, 0) is 31.8 Å². The first-order valence-electron chi connectivity index (χ1n) is 8.01. The number of hydrogen-bond donors (Lipinski definition) is 0. The molecule has 0 saturated carbocycles. The van der Waals surface area contributed by atoms with E-state index >= 15 is 0 Å². The zero-order valence-corrected chi connectivity index (χ0v) is 13.8. The quantitative estimate of drug-likeness (QED) is 0.866. The highest BCUT2D eigenvalue weighted by Gasteiger charge is 2.23.